The first kappa shape index (κ1) is 16.5. The SMILES string of the molecule is O=C(CCc1ccsc1)N1CCN(CC(=O)N2CCCC2)CC1. The van der Waals surface area contributed by atoms with Crippen molar-refractivity contribution in [1.29, 1.82) is 0 Å². The van der Waals surface area contributed by atoms with Gasteiger partial charge in [0, 0.05) is 45.7 Å². The molecule has 2 amide bonds. The highest BCUT2D eigenvalue weighted by Crippen LogP contribution is 2.12. The van der Waals surface area contributed by atoms with E-state index in [9.17, 15) is 9.59 Å². The lowest BCUT2D eigenvalue weighted by molar-refractivity contribution is -0.134. The van der Waals surface area contributed by atoms with Gasteiger partial charge in [0.25, 0.3) is 0 Å². The number of likely N-dealkylation sites (tertiary alicyclic amines) is 1. The zero-order valence-corrected chi connectivity index (χ0v) is 14.4. The summed E-state index contributed by atoms with van der Waals surface area (Å²) in [7, 11) is 0. The summed E-state index contributed by atoms with van der Waals surface area (Å²) in [4.78, 5) is 30.5. The Balaban J connectivity index is 1.37. The maximum Gasteiger partial charge on any atom is 0.236 e. The molecule has 3 heterocycles. The van der Waals surface area contributed by atoms with Gasteiger partial charge in [-0.15, -0.1) is 0 Å². The van der Waals surface area contributed by atoms with Crippen LogP contribution in [0.3, 0.4) is 0 Å². The highest BCUT2D eigenvalue weighted by molar-refractivity contribution is 7.07. The number of amides is 2. The molecule has 5 nitrogen and oxygen atoms in total. The van der Waals surface area contributed by atoms with Crippen molar-refractivity contribution in [3.05, 3.63) is 22.4 Å². The first-order valence-corrected chi connectivity index (χ1v) is 9.45. The lowest BCUT2D eigenvalue weighted by Crippen LogP contribution is -2.51. The average Bonchev–Trinajstić information content (AvgIpc) is 3.26. The number of piperazine rings is 1. The quantitative estimate of drug-likeness (QED) is 0.818. The van der Waals surface area contributed by atoms with Crippen molar-refractivity contribution in [1.82, 2.24) is 14.7 Å². The lowest BCUT2D eigenvalue weighted by Gasteiger charge is -2.35. The van der Waals surface area contributed by atoms with Gasteiger partial charge in [-0.1, -0.05) is 0 Å². The summed E-state index contributed by atoms with van der Waals surface area (Å²) in [5.74, 6) is 0.487. The third-order valence-electron chi connectivity index (χ3n) is 4.75. The highest BCUT2D eigenvalue weighted by Gasteiger charge is 2.25. The van der Waals surface area contributed by atoms with Gasteiger partial charge in [0.2, 0.25) is 11.8 Å². The minimum Gasteiger partial charge on any atom is -0.342 e. The van der Waals surface area contributed by atoms with Crippen molar-refractivity contribution in [3.63, 3.8) is 0 Å². The molecule has 2 aliphatic rings. The van der Waals surface area contributed by atoms with Crippen LogP contribution in [-0.4, -0.2) is 72.3 Å². The first-order chi connectivity index (χ1) is 11.2. The molecule has 0 unspecified atom stereocenters. The molecule has 2 aliphatic heterocycles. The summed E-state index contributed by atoms with van der Waals surface area (Å²) in [6, 6.07) is 2.08. The molecule has 3 rings (SSSR count). The fraction of sp³-hybridized carbons (Fsp3) is 0.647. The van der Waals surface area contributed by atoms with Gasteiger partial charge in [0.1, 0.15) is 0 Å². The van der Waals surface area contributed by atoms with E-state index in [-0.39, 0.29) is 11.8 Å². The molecular weight excluding hydrogens is 310 g/mol. The molecule has 0 aliphatic carbocycles. The zero-order chi connectivity index (χ0) is 16.1. The minimum absolute atomic E-state index is 0.238. The molecule has 0 saturated carbocycles. The first-order valence-electron chi connectivity index (χ1n) is 8.51. The summed E-state index contributed by atoms with van der Waals surface area (Å²) in [6.07, 6.45) is 3.69. The number of hydrogen-bond acceptors (Lipinski definition) is 4. The Morgan fingerprint density at radius 3 is 2.30 bits per heavy atom. The van der Waals surface area contributed by atoms with Crippen LogP contribution in [0.1, 0.15) is 24.8 Å². The average molecular weight is 335 g/mol. The van der Waals surface area contributed by atoms with Crippen LogP contribution in [0.4, 0.5) is 0 Å². The third kappa shape index (κ3) is 4.54. The molecule has 2 fully saturated rings. The molecule has 2 saturated heterocycles. The van der Waals surface area contributed by atoms with Crippen LogP contribution in [0, 0.1) is 0 Å². The molecule has 23 heavy (non-hydrogen) atoms. The van der Waals surface area contributed by atoms with E-state index in [0.29, 0.717) is 13.0 Å². The summed E-state index contributed by atoms with van der Waals surface area (Å²) in [5, 5.41) is 4.16. The number of carbonyl (C=O) groups excluding carboxylic acids is 2. The number of thiophene rings is 1. The van der Waals surface area contributed by atoms with Gasteiger partial charge in [0.15, 0.2) is 0 Å². The molecule has 0 spiro atoms. The highest BCUT2D eigenvalue weighted by atomic mass is 32.1. The fourth-order valence-corrected chi connectivity index (χ4v) is 3.96. The van der Waals surface area contributed by atoms with Gasteiger partial charge in [-0.2, -0.15) is 11.3 Å². The number of aryl methyl sites for hydroxylation is 1. The van der Waals surface area contributed by atoms with Crippen LogP contribution in [-0.2, 0) is 16.0 Å². The van der Waals surface area contributed by atoms with E-state index in [2.05, 4.69) is 21.7 Å². The normalized spacial score (nSPS) is 19.3. The lowest BCUT2D eigenvalue weighted by atomic mass is 10.1. The number of nitrogens with zero attached hydrogens (tertiary/aromatic N) is 3. The van der Waals surface area contributed by atoms with Crippen LogP contribution in [0.25, 0.3) is 0 Å². The van der Waals surface area contributed by atoms with Crippen molar-refractivity contribution in [2.75, 3.05) is 45.8 Å². The van der Waals surface area contributed by atoms with Gasteiger partial charge >= 0.3 is 0 Å². The van der Waals surface area contributed by atoms with Crippen LogP contribution in [0.5, 0.6) is 0 Å². The van der Waals surface area contributed by atoms with E-state index in [1.165, 1.54) is 5.56 Å². The van der Waals surface area contributed by atoms with Gasteiger partial charge in [-0.25, -0.2) is 0 Å². The monoisotopic (exact) mass is 335 g/mol. The smallest absolute Gasteiger partial charge is 0.236 e. The van der Waals surface area contributed by atoms with E-state index in [0.717, 1.165) is 58.5 Å². The van der Waals surface area contributed by atoms with Gasteiger partial charge < -0.3 is 9.80 Å². The second-order valence-electron chi connectivity index (χ2n) is 6.38. The van der Waals surface area contributed by atoms with Crippen molar-refractivity contribution in [2.24, 2.45) is 0 Å². The standard InChI is InChI=1S/C17H25N3O2S/c21-16(4-3-15-5-12-23-14-15)20-10-8-18(9-11-20)13-17(22)19-6-1-2-7-19/h5,12,14H,1-4,6-11,13H2. The van der Waals surface area contributed by atoms with Gasteiger partial charge in [-0.3, -0.25) is 14.5 Å². The fourth-order valence-electron chi connectivity index (χ4n) is 3.26. The topological polar surface area (TPSA) is 43.9 Å². The Kier molecular flexibility index (Phi) is 5.67. The molecule has 126 valence electrons. The van der Waals surface area contributed by atoms with Crippen LogP contribution >= 0.6 is 11.3 Å². The van der Waals surface area contributed by atoms with Crippen LogP contribution < -0.4 is 0 Å². The molecule has 0 atom stereocenters. The van der Waals surface area contributed by atoms with Gasteiger partial charge in [0.05, 0.1) is 6.54 Å². The Morgan fingerprint density at radius 2 is 1.65 bits per heavy atom. The Labute approximate surface area is 141 Å². The zero-order valence-electron chi connectivity index (χ0n) is 13.6. The van der Waals surface area contributed by atoms with Crippen LogP contribution in [0.2, 0.25) is 0 Å². The van der Waals surface area contributed by atoms with E-state index in [1.54, 1.807) is 11.3 Å². The summed E-state index contributed by atoms with van der Waals surface area (Å²) in [5.41, 5.74) is 1.25. The molecule has 0 bridgehead atoms. The Bertz CT molecular complexity index is 518. The Hall–Kier alpha value is -1.40. The van der Waals surface area contributed by atoms with E-state index < -0.39 is 0 Å². The van der Waals surface area contributed by atoms with E-state index in [1.807, 2.05) is 9.80 Å². The predicted molar refractivity (Wildman–Crippen MR) is 91.5 cm³/mol. The van der Waals surface area contributed by atoms with Crippen LogP contribution in [0.15, 0.2) is 16.8 Å². The second kappa shape index (κ2) is 7.93. The third-order valence-corrected chi connectivity index (χ3v) is 5.48. The van der Waals surface area contributed by atoms with Crippen molar-refractivity contribution in [2.45, 2.75) is 25.7 Å². The van der Waals surface area contributed by atoms with Crippen molar-refractivity contribution >= 4 is 23.2 Å². The van der Waals surface area contributed by atoms with E-state index in [4.69, 9.17) is 0 Å². The van der Waals surface area contributed by atoms with Gasteiger partial charge in [-0.05, 0) is 41.7 Å². The maximum absolute atomic E-state index is 12.3. The molecular formula is C17H25N3O2S. The van der Waals surface area contributed by atoms with Crippen molar-refractivity contribution < 1.29 is 9.59 Å². The minimum atomic E-state index is 0.238. The second-order valence-corrected chi connectivity index (χ2v) is 7.16. The number of carbonyl (C=O) groups is 2. The summed E-state index contributed by atoms with van der Waals surface area (Å²) >= 11 is 1.68. The molecule has 1 aromatic rings. The molecule has 0 N–H and O–H groups in total. The largest absolute Gasteiger partial charge is 0.342 e. The Morgan fingerprint density at radius 1 is 0.957 bits per heavy atom. The van der Waals surface area contributed by atoms with Crippen molar-refractivity contribution in [3.8, 4) is 0 Å². The number of hydrogen-bond donors (Lipinski definition) is 0. The molecule has 1 aromatic heterocycles. The molecule has 0 radical (unpaired) electrons. The van der Waals surface area contributed by atoms with E-state index >= 15 is 0 Å². The summed E-state index contributed by atoms with van der Waals surface area (Å²) < 4.78 is 0. The summed E-state index contributed by atoms with van der Waals surface area (Å²) in [6.45, 7) is 5.45. The number of rotatable bonds is 5. The molecule has 6 heteroatoms. The maximum atomic E-state index is 12.3. The predicted octanol–water partition coefficient (Wildman–Crippen LogP) is 1.45. The molecule has 0 aromatic carbocycles.